The highest BCUT2D eigenvalue weighted by molar-refractivity contribution is 6.02. The van der Waals surface area contributed by atoms with Gasteiger partial charge < -0.3 is 5.32 Å². The quantitative estimate of drug-likeness (QED) is 0.765. The van der Waals surface area contributed by atoms with Gasteiger partial charge in [0.25, 0.3) is 17.0 Å². The van der Waals surface area contributed by atoms with Gasteiger partial charge in [-0.2, -0.15) is 5.10 Å². The maximum absolute atomic E-state index is 12.8. The predicted octanol–water partition coefficient (Wildman–Crippen LogP) is 0.830. The number of nitrogens with zero attached hydrogens (tertiary/aromatic N) is 4. The van der Waals surface area contributed by atoms with E-state index in [-0.39, 0.29) is 22.5 Å². The summed E-state index contributed by atoms with van der Waals surface area (Å²) >= 11 is 0. The van der Waals surface area contributed by atoms with Gasteiger partial charge >= 0.3 is 0 Å². The Bertz CT molecular complexity index is 1060. The van der Waals surface area contributed by atoms with Crippen molar-refractivity contribution in [2.45, 2.75) is 6.92 Å². The van der Waals surface area contributed by atoms with Gasteiger partial charge in [-0.25, -0.2) is 9.36 Å². The molecule has 0 aliphatic heterocycles. The molecule has 0 fully saturated rings. The van der Waals surface area contributed by atoms with Crippen molar-refractivity contribution < 1.29 is 4.79 Å². The Labute approximate surface area is 142 Å². The highest BCUT2D eigenvalue weighted by atomic mass is 16.2. The minimum absolute atomic E-state index is 0.0519. The van der Waals surface area contributed by atoms with Gasteiger partial charge in [-0.15, -0.1) is 0 Å². The molecule has 3 rings (SSSR count). The van der Waals surface area contributed by atoms with E-state index in [1.54, 1.807) is 30.8 Å². The van der Waals surface area contributed by atoms with Crippen molar-refractivity contribution in [1.29, 1.82) is 0 Å². The molecule has 128 valence electrons. The normalized spacial score (nSPS) is 10.7. The molecule has 1 aromatic carbocycles. The monoisotopic (exact) mass is 339 g/mol. The second-order valence-electron chi connectivity index (χ2n) is 5.57. The van der Waals surface area contributed by atoms with Crippen LogP contribution in [0.2, 0.25) is 0 Å². The Morgan fingerprint density at radius 3 is 2.36 bits per heavy atom. The van der Waals surface area contributed by atoms with Crippen molar-refractivity contribution in [2.24, 2.45) is 14.1 Å². The standard InChI is InChI=1S/C17H17N5O3/c1-11-15(18-16(24)13-9-10-14(23)20(2)19-13)17(25)22(21(11)3)12-7-5-4-6-8-12/h4-10H,1-3H3,(H,18,24). The van der Waals surface area contributed by atoms with Gasteiger partial charge in [-0.3, -0.25) is 19.1 Å². The van der Waals surface area contributed by atoms with E-state index in [0.29, 0.717) is 11.4 Å². The van der Waals surface area contributed by atoms with E-state index in [9.17, 15) is 14.4 Å². The average Bonchev–Trinajstić information content (AvgIpc) is 2.81. The molecule has 1 N–H and O–H groups in total. The molecular weight excluding hydrogens is 322 g/mol. The van der Waals surface area contributed by atoms with Gasteiger partial charge in [0.1, 0.15) is 11.4 Å². The maximum atomic E-state index is 12.8. The number of amides is 1. The smallest absolute Gasteiger partial charge is 0.295 e. The van der Waals surface area contributed by atoms with Crippen molar-refractivity contribution >= 4 is 11.6 Å². The van der Waals surface area contributed by atoms with Crippen LogP contribution in [0.1, 0.15) is 16.2 Å². The SMILES string of the molecule is Cc1c(NC(=O)c2ccc(=O)n(C)n2)c(=O)n(-c2ccccc2)n1C. The zero-order chi connectivity index (χ0) is 18.1. The fourth-order valence-electron chi connectivity index (χ4n) is 2.51. The Hall–Kier alpha value is -3.42. The van der Waals surface area contributed by atoms with E-state index in [0.717, 1.165) is 4.68 Å². The van der Waals surface area contributed by atoms with Crippen LogP contribution < -0.4 is 16.4 Å². The number of aromatic nitrogens is 4. The first-order valence-corrected chi connectivity index (χ1v) is 7.60. The molecule has 8 nitrogen and oxygen atoms in total. The summed E-state index contributed by atoms with van der Waals surface area (Å²) < 4.78 is 4.20. The summed E-state index contributed by atoms with van der Waals surface area (Å²) in [7, 11) is 3.19. The summed E-state index contributed by atoms with van der Waals surface area (Å²) in [4.78, 5) is 36.5. The summed E-state index contributed by atoms with van der Waals surface area (Å²) in [5.74, 6) is -0.554. The van der Waals surface area contributed by atoms with Crippen molar-refractivity contribution in [3.8, 4) is 5.69 Å². The number of aryl methyl sites for hydroxylation is 1. The molecule has 0 saturated carbocycles. The number of carbonyl (C=O) groups excluding carboxylic acids is 1. The Morgan fingerprint density at radius 1 is 1.04 bits per heavy atom. The molecule has 0 spiro atoms. The molecule has 0 aliphatic carbocycles. The fraction of sp³-hybridized carbons (Fsp3) is 0.176. The van der Waals surface area contributed by atoms with E-state index < -0.39 is 5.91 Å². The predicted molar refractivity (Wildman–Crippen MR) is 93.2 cm³/mol. The van der Waals surface area contributed by atoms with Crippen LogP contribution in [0.25, 0.3) is 5.69 Å². The highest BCUT2D eigenvalue weighted by Gasteiger charge is 2.19. The van der Waals surface area contributed by atoms with Crippen molar-refractivity contribution in [1.82, 2.24) is 19.1 Å². The molecule has 2 heterocycles. The molecule has 8 heteroatoms. The second-order valence-corrected chi connectivity index (χ2v) is 5.57. The molecule has 3 aromatic rings. The first-order valence-electron chi connectivity index (χ1n) is 7.60. The molecule has 0 bridgehead atoms. The van der Waals surface area contributed by atoms with Gasteiger partial charge in [-0.05, 0) is 25.1 Å². The third kappa shape index (κ3) is 2.89. The molecule has 2 aromatic heterocycles. The lowest BCUT2D eigenvalue weighted by molar-refractivity contribution is 0.102. The fourth-order valence-corrected chi connectivity index (χ4v) is 2.51. The largest absolute Gasteiger partial charge is 0.314 e. The van der Waals surface area contributed by atoms with Crippen LogP contribution in [0.4, 0.5) is 5.69 Å². The van der Waals surface area contributed by atoms with Gasteiger partial charge in [0.05, 0.1) is 11.4 Å². The van der Waals surface area contributed by atoms with Crippen LogP contribution in [0.3, 0.4) is 0 Å². The van der Waals surface area contributed by atoms with Crippen molar-refractivity contribution in [2.75, 3.05) is 5.32 Å². The molecular formula is C17H17N5O3. The average molecular weight is 339 g/mol. The minimum atomic E-state index is -0.554. The van der Waals surface area contributed by atoms with Crippen LogP contribution in [0, 0.1) is 6.92 Å². The molecule has 0 atom stereocenters. The second kappa shape index (κ2) is 6.23. The maximum Gasteiger partial charge on any atom is 0.295 e. The highest BCUT2D eigenvalue weighted by Crippen LogP contribution is 2.14. The van der Waals surface area contributed by atoms with Crippen molar-refractivity contribution in [3.05, 3.63) is 74.6 Å². The summed E-state index contributed by atoms with van der Waals surface area (Å²) in [6.45, 7) is 1.74. The lowest BCUT2D eigenvalue weighted by Crippen LogP contribution is -2.26. The number of benzene rings is 1. The van der Waals surface area contributed by atoms with Gasteiger partial charge in [0, 0.05) is 20.2 Å². The molecule has 0 saturated heterocycles. The molecule has 0 unspecified atom stereocenters. The molecule has 25 heavy (non-hydrogen) atoms. The van der Waals surface area contributed by atoms with Crippen LogP contribution >= 0.6 is 0 Å². The van der Waals surface area contributed by atoms with E-state index in [4.69, 9.17) is 0 Å². The molecule has 0 radical (unpaired) electrons. The van der Waals surface area contributed by atoms with E-state index in [1.165, 1.54) is 23.9 Å². The zero-order valence-corrected chi connectivity index (χ0v) is 14.1. The third-order valence-electron chi connectivity index (χ3n) is 3.99. The first-order chi connectivity index (χ1) is 11.9. The number of nitrogens with one attached hydrogen (secondary N) is 1. The minimum Gasteiger partial charge on any atom is -0.314 e. The number of para-hydroxylation sites is 1. The van der Waals surface area contributed by atoms with E-state index in [1.807, 2.05) is 18.2 Å². The third-order valence-corrected chi connectivity index (χ3v) is 3.99. The van der Waals surface area contributed by atoms with Gasteiger partial charge in [0.15, 0.2) is 0 Å². The molecule has 1 amide bonds. The molecule has 0 aliphatic rings. The Kier molecular flexibility index (Phi) is 4.10. The summed E-state index contributed by atoms with van der Waals surface area (Å²) in [5, 5.41) is 6.49. The zero-order valence-electron chi connectivity index (χ0n) is 14.1. The van der Waals surface area contributed by atoms with Crippen molar-refractivity contribution in [3.63, 3.8) is 0 Å². The van der Waals surface area contributed by atoms with E-state index in [2.05, 4.69) is 10.4 Å². The first kappa shape index (κ1) is 16.4. The van der Waals surface area contributed by atoms with Crippen LogP contribution in [-0.2, 0) is 14.1 Å². The number of anilines is 1. The number of hydrogen-bond donors (Lipinski definition) is 1. The van der Waals surface area contributed by atoms with Gasteiger partial charge in [0.2, 0.25) is 0 Å². The number of carbonyl (C=O) groups is 1. The van der Waals surface area contributed by atoms with Crippen LogP contribution in [-0.4, -0.2) is 25.1 Å². The Morgan fingerprint density at radius 2 is 1.72 bits per heavy atom. The van der Waals surface area contributed by atoms with Crippen LogP contribution in [0.15, 0.2) is 52.1 Å². The van der Waals surface area contributed by atoms with Gasteiger partial charge in [-0.1, -0.05) is 18.2 Å². The lowest BCUT2D eigenvalue weighted by atomic mass is 10.3. The van der Waals surface area contributed by atoms with Crippen LogP contribution in [0.5, 0.6) is 0 Å². The summed E-state index contributed by atoms with van der Waals surface area (Å²) in [5.41, 5.74) is 0.858. The van der Waals surface area contributed by atoms with E-state index >= 15 is 0 Å². The lowest BCUT2D eigenvalue weighted by Gasteiger charge is -2.07. The summed E-state index contributed by atoms with van der Waals surface area (Å²) in [6.07, 6.45) is 0. The Balaban J connectivity index is 2.01. The topological polar surface area (TPSA) is 90.9 Å². The number of hydrogen-bond acceptors (Lipinski definition) is 4. The summed E-state index contributed by atoms with van der Waals surface area (Å²) in [6, 6.07) is 11.7. The number of rotatable bonds is 3.